The highest BCUT2D eigenvalue weighted by molar-refractivity contribution is 6.44. The zero-order valence-electron chi connectivity index (χ0n) is 13.5. The van der Waals surface area contributed by atoms with E-state index in [-0.39, 0.29) is 0 Å². The third kappa shape index (κ3) is 2.62. The summed E-state index contributed by atoms with van der Waals surface area (Å²) in [6.07, 6.45) is 3.11. The molecule has 3 aromatic heterocycles. The molecule has 8 heteroatoms. The number of nitrogens with zero attached hydrogens (tertiary/aromatic N) is 5. The van der Waals surface area contributed by atoms with Crippen molar-refractivity contribution in [2.45, 2.75) is 6.92 Å². The Morgan fingerprint density at radius 1 is 1.00 bits per heavy atom. The van der Waals surface area contributed by atoms with Gasteiger partial charge in [-0.1, -0.05) is 17.7 Å². The van der Waals surface area contributed by atoms with Gasteiger partial charge in [0, 0.05) is 23.7 Å². The van der Waals surface area contributed by atoms with Crippen molar-refractivity contribution in [2.75, 3.05) is 5.73 Å². The fourth-order valence-electron chi connectivity index (χ4n) is 2.66. The van der Waals surface area contributed by atoms with Crippen molar-refractivity contribution in [3.05, 3.63) is 54.4 Å². The number of imidazole rings is 1. The summed E-state index contributed by atoms with van der Waals surface area (Å²) in [5, 5.41) is 9.30. The van der Waals surface area contributed by atoms with Crippen LogP contribution in [0.5, 0.6) is 0 Å². The molecule has 0 unspecified atom stereocenters. The second-order valence-electron chi connectivity index (χ2n) is 5.60. The zero-order valence-corrected chi connectivity index (χ0v) is 13.5. The summed E-state index contributed by atoms with van der Waals surface area (Å²) in [6.45, 7) is 2.02. The molecular weight excluding hydrogens is 315 g/mol. The van der Waals surface area contributed by atoms with Crippen molar-refractivity contribution in [3.8, 4) is 17.2 Å². The minimum absolute atomic E-state index is 0.292. The Kier molecular flexibility index (Phi) is 3.66. The predicted molar refractivity (Wildman–Crippen MR) is 96.6 cm³/mol. The van der Waals surface area contributed by atoms with Crippen LogP contribution in [0.4, 0.5) is 5.82 Å². The highest BCUT2D eigenvalue weighted by atomic mass is 16.2. The van der Waals surface area contributed by atoms with Crippen LogP contribution in [0.1, 0.15) is 5.56 Å². The Bertz CT molecular complexity index is 1060. The molecule has 0 aliphatic heterocycles. The number of aryl methyl sites for hydroxylation is 1. The molecule has 121 valence electrons. The largest absolute Gasteiger partial charge is 0.449 e. The van der Waals surface area contributed by atoms with Crippen molar-refractivity contribution in [1.29, 1.82) is 0 Å². The number of fused-ring (bicyclic) bond motifs is 1. The lowest BCUT2D eigenvalue weighted by molar-refractivity contribution is 0.614. The molecule has 0 aliphatic carbocycles. The molecule has 7 nitrogen and oxygen atoms in total. The fourth-order valence-corrected chi connectivity index (χ4v) is 2.66. The molecule has 3 heterocycles. The molecular formula is C17H14BN6O. The summed E-state index contributed by atoms with van der Waals surface area (Å²) in [4.78, 5) is 17.6. The van der Waals surface area contributed by atoms with Crippen LogP contribution in [-0.4, -0.2) is 37.0 Å². The predicted octanol–water partition coefficient (Wildman–Crippen LogP) is 1.00. The molecule has 0 saturated heterocycles. The van der Waals surface area contributed by atoms with E-state index < -0.39 is 0 Å². The van der Waals surface area contributed by atoms with Crippen LogP contribution < -0.4 is 11.3 Å². The number of hydrogen-bond acceptors (Lipinski definition) is 6. The lowest BCUT2D eigenvalue weighted by Gasteiger charge is -2.10. The van der Waals surface area contributed by atoms with Crippen LogP contribution >= 0.6 is 0 Å². The monoisotopic (exact) mass is 329 g/mol. The SMILES string of the molecule is Cc1ccc(-n2c(-c3nccnc3N)nc3ccc([B]O)nc32)cc1. The van der Waals surface area contributed by atoms with Crippen LogP contribution in [0, 0.1) is 6.92 Å². The molecule has 0 saturated carbocycles. The number of aromatic nitrogens is 5. The molecule has 4 aromatic rings. The van der Waals surface area contributed by atoms with E-state index in [0.29, 0.717) is 34.1 Å². The van der Waals surface area contributed by atoms with Gasteiger partial charge >= 0.3 is 7.48 Å². The van der Waals surface area contributed by atoms with Crippen molar-refractivity contribution in [3.63, 3.8) is 0 Å². The summed E-state index contributed by atoms with van der Waals surface area (Å²) in [5.74, 6) is 0.840. The van der Waals surface area contributed by atoms with Crippen molar-refractivity contribution < 1.29 is 5.02 Å². The Morgan fingerprint density at radius 2 is 1.76 bits per heavy atom. The first kappa shape index (κ1) is 15.3. The van der Waals surface area contributed by atoms with Gasteiger partial charge in [0.05, 0.1) is 0 Å². The van der Waals surface area contributed by atoms with Gasteiger partial charge in [-0.3, -0.25) is 4.57 Å². The number of pyridine rings is 1. The number of nitrogens with two attached hydrogens (primary N) is 1. The van der Waals surface area contributed by atoms with E-state index >= 15 is 0 Å². The van der Waals surface area contributed by atoms with E-state index in [1.54, 1.807) is 18.3 Å². The number of hydrogen-bond donors (Lipinski definition) is 2. The highest BCUT2D eigenvalue weighted by Crippen LogP contribution is 2.28. The molecule has 4 rings (SSSR count). The van der Waals surface area contributed by atoms with Gasteiger partial charge in [0.25, 0.3) is 0 Å². The smallest absolute Gasteiger partial charge is 0.348 e. The number of anilines is 1. The average molecular weight is 329 g/mol. The molecule has 0 fully saturated rings. The Morgan fingerprint density at radius 3 is 2.48 bits per heavy atom. The lowest BCUT2D eigenvalue weighted by Crippen LogP contribution is -2.18. The summed E-state index contributed by atoms with van der Waals surface area (Å²) in [6, 6.07) is 11.5. The van der Waals surface area contributed by atoms with Crippen molar-refractivity contribution in [1.82, 2.24) is 24.5 Å². The first-order chi connectivity index (χ1) is 12.2. The summed E-state index contributed by atoms with van der Waals surface area (Å²) < 4.78 is 1.86. The maximum Gasteiger partial charge on any atom is 0.348 e. The van der Waals surface area contributed by atoms with Crippen LogP contribution in [-0.2, 0) is 0 Å². The fraction of sp³-hybridized carbons (Fsp3) is 0.0588. The van der Waals surface area contributed by atoms with Gasteiger partial charge in [0.2, 0.25) is 0 Å². The standard InChI is InChI=1S/C17H14BN6O/c1-10-2-4-11(5-3-10)24-16-12(6-7-13(18-25)23-16)22-17(24)14-15(19)21-9-8-20-14/h2-9,25H,1H3,(H2,19,21). The van der Waals surface area contributed by atoms with E-state index in [4.69, 9.17) is 5.73 Å². The number of rotatable bonds is 3. The maximum absolute atomic E-state index is 9.30. The Balaban J connectivity index is 2.06. The van der Waals surface area contributed by atoms with Gasteiger partial charge in [0.1, 0.15) is 11.2 Å². The highest BCUT2D eigenvalue weighted by Gasteiger charge is 2.19. The first-order valence-electron chi connectivity index (χ1n) is 7.68. The molecule has 0 spiro atoms. The Labute approximate surface area is 144 Å². The average Bonchev–Trinajstić information content (AvgIpc) is 3.01. The molecule has 0 aliphatic rings. The second-order valence-corrected chi connectivity index (χ2v) is 5.60. The van der Waals surface area contributed by atoms with E-state index in [1.807, 2.05) is 35.8 Å². The number of nitrogen functional groups attached to an aromatic ring is 1. The minimum atomic E-state index is 0.292. The second kappa shape index (κ2) is 5.99. The lowest BCUT2D eigenvalue weighted by atomic mass is 9.95. The summed E-state index contributed by atoms with van der Waals surface area (Å²) in [5.41, 5.74) is 10.2. The Hall–Kier alpha value is -3.26. The van der Waals surface area contributed by atoms with Crippen LogP contribution in [0.15, 0.2) is 48.8 Å². The third-order valence-electron chi connectivity index (χ3n) is 3.89. The van der Waals surface area contributed by atoms with E-state index in [9.17, 15) is 5.02 Å². The quantitative estimate of drug-likeness (QED) is 0.544. The van der Waals surface area contributed by atoms with E-state index in [0.717, 1.165) is 18.7 Å². The molecule has 1 aromatic carbocycles. The molecule has 0 amide bonds. The zero-order chi connectivity index (χ0) is 17.4. The normalized spacial score (nSPS) is 11.0. The minimum Gasteiger partial charge on any atom is -0.449 e. The van der Waals surface area contributed by atoms with Gasteiger partial charge in [-0.25, -0.2) is 19.9 Å². The van der Waals surface area contributed by atoms with E-state index in [1.165, 1.54) is 6.20 Å². The summed E-state index contributed by atoms with van der Waals surface area (Å²) >= 11 is 0. The van der Waals surface area contributed by atoms with Gasteiger partial charge in [0.15, 0.2) is 17.3 Å². The van der Waals surface area contributed by atoms with Crippen LogP contribution in [0.3, 0.4) is 0 Å². The van der Waals surface area contributed by atoms with Gasteiger partial charge < -0.3 is 10.8 Å². The van der Waals surface area contributed by atoms with Gasteiger partial charge in [-0.15, -0.1) is 0 Å². The summed E-state index contributed by atoms with van der Waals surface area (Å²) in [7, 11) is 0.961. The molecule has 3 N–H and O–H groups in total. The molecule has 25 heavy (non-hydrogen) atoms. The molecule has 0 atom stereocenters. The van der Waals surface area contributed by atoms with Gasteiger partial charge in [-0.05, 0) is 31.2 Å². The van der Waals surface area contributed by atoms with Gasteiger partial charge in [-0.2, -0.15) is 0 Å². The first-order valence-corrected chi connectivity index (χ1v) is 7.68. The van der Waals surface area contributed by atoms with Crippen molar-refractivity contribution in [2.24, 2.45) is 0 Å². The molecule has 0 bridgehead atoms. The number of benzene rings is 1. The van der Waals surface area contributed by atoms with Crippen LogP contribution in [0.25, 0.3) is 28.4 Å². The van der Waals surface area contributed by atoms with Crippen molar-refractivity contribution >= 4 is 30.1 Å². The molecule has 1 radical (unpaired) electrons. The van der Waals surface area contributed by atoms with Crippen LogP contribution in [0.2, 0.25) is 0 Å². The van der Waals surface area contributed by atoms with E-state index in [2.05, 4.69) is 19.9 Å². The topological polar surface area (TPSA) is 103 Å². The maximum atomic E-state index is 9.30. The third-order valence-corrected chi connectivity index (χ3v) is 3.89.